The Morgan fingerprint density at radius 2 is 1.80 bits per heavy atom. The fourth-order valence-corrected chi connectivity index (χ4v) is 11.0. The second-order valence-electron chi connectivity index (χ2n) is 14.7. The summed E-state index contributed by atoms with van der Waals surface area (Å²) in [7, 11) is 0. The second kappa shape index (κ2) is 8.33. The quantitative estimate of drug-likeness (QED) is 0.373. The van der Waals surface area contributed by atoms with E-state index < -0.39 is 58.2 Å². The first-order chi connectivity index (χ1) is 19.1. The maximum atomic E-state index is 12.7. The van der Waals surface area contributed by atoms with Crippen LogP contribution in [0, 0.1) is 29.1 Å². The SMILES string of the molecule is CC(=O)O[C@H]1C[C@@H]2[C@H](C)[C@H]([C@@H]3C=C(C)C(=O)O3)O[C@@]23CC[C@]2(O)C[C@]45OC(=O)[C@H](O)[C@H]4OC(C)(C)[C@@H]5CC[C@H]2[C@@]13C. The summed E-state index contributed by atoms with van der Waals surface area (Å²) in [6.07, 6.45) is 1.06. The zero-order valence-corrected chi connectivity index (χ0v) is 24.7. The third-order valence-electron chi connectivity index (χ3n) is 12.5. The van der Waals surface area contributed by atoms with Crippen LogP contribution in [0.2, 0.25) is 0 Å². The Kier molecular flexibility index (Phi) is 5.65. The molecular formula is C31H42O10. The van der Waals surface area contributed by atoms with Crippen LogP contribution in [-0.2, 0) is 38.1 Å². The number of hydrogen-bond acceptors (Lipinski definition) is 10. The van der Waals surface area contributed by atoms with E-state index in [9.17, 15) is 24.6 Å². The molecule has 0 aromatic heterocycles. The van der Waals surface area contributed by atoms with Crippen LogP contribution < -0.4 is 0 Å². The van der Waals surface area contributed by atoms with Gasteiger partial charge in [-0.2, -0.15) is 0 Å². The third-order valence-corrected chi connectivity index (χ3v) is 12.5. The first kappa shape index (κ1) is 27.8. The first-order valence-corrected chi connectivity index (χ1v) is 15.2. The van der Waals surface area contributed by atoms with Crippen molar-refractivity contribution in [2.75, 3.05) is 0 Å². The summed E-state index contributed by atoms with van der Waals surface area (Å²) in [6.45, 7) is 11.3. The molecule has 10 nitrogen and oxygen atoms in total. The summed E-state index contributed by atoms with van der Waals surface area (Å²) in [5, 5.41) is 23.5. The normalized spacial score (nSPS) is 54.6. The minimum Gasteiger partial charge on any atom is -0.462 e. The number of aliphatic hydroxyl groups is 2. The van der Waals surface area contributed by atoms with Crippen molar-refractivity contribution in [2.45, 2.75) is 133 Å². The van der Waals surface area contributed by atoms with Gasteiger partial charge in [0, 0.05) is 30.3 Å². The van der Waals surface area contributed by atoms with E-state index in [2.05, 4.69) is 13.8 Å². The van der Waals surface area contributed by atoms with Crippen molar-refractivity contribution in [1.82, 2.24) is 0 Å². The molecule has 3 aliphatic carbocycles. The average molecular weight is 575 g/mol. The van der Waals surface area contributed by atoms with Crippen LogP contribution in [0.25, 0.3) is 0 Å². The molecule has 7 aliphatic rings. The summed E-state index contributed by atoms with van der Waals surface area (Å²) in [5.74, 6) is -1.95. The molecule has 41 heavy (non-hydrogen) atoms. The van der Waals surface area contributed by atoms with E-state index in [1.165, 1.54) is 6.92 Å². The van der Waals surface area contributed by atoms with Gasteiger partial charge in [-0.1, -0.05) is 13.8 Å². The Morgan fingerprint density at radius 1 is 1.10 bits per heavy atom. The Morgan fingerprint density at radius 3 is 2.46 bits per heavy atom. The molecule has 2 spiro atoms. The molecule has 226 valence electrons. The number of hydrogen-bond donors (Lipinski definition) is 2. The molecule has 0 bridgehead atoms. The number of rotatable bonds is 2. The van der Waals surface area contributed by atoms with Gasteiger partial charge in [0.15, 0.2) is 6.10 Å². The molecule has 0 unspecified atom stereocenters. The predicted molar refractivity (Wildman–Crippen MR) is 141 cm³/mol. The van der Waals surface area contributed by atoms with Crippen LogP contribution in [-0.4, -0.2) is 81.0 Å². The van der Waals surface area contributed by atoms with Crippen molar-refractivity contribution < 1.29 is 48.3 Å². The lowest BCUT2D eigenvalue weighted by Crippen LogP contribution is -2.66. The average Bonchev–Trinajstić information content (AvgIpc) is 3.52. The fraction of sp³-hybridized carbons (Fsp3) is 0.839. The van der Waals surface area contributed by atoms with Gasteiger partial charge in [0.2, 0.25) is 0 Å². The van der Waals surface area contributed by atoms with Gasteiger partial charge in [0.05, 0.1) is 16.8 Å². The Bertz CT molecular complexity index is 1240. The predicted octanol–water partition coefficient (Wildman–Crippen LogP) is 2.36. The highest BCUT2D eigenvalue weighted by Crippen LogP contribution is 2.73. The zero-order chi connectivity index (χ0) is 29.5. The van der Waals surface area contributed by atoms with E-state index in [1.54, 1.807) is 6.92 Å². The number of ether oxygens (including phenoxy) is 5. The number of aliphatic hydroxyl groups excluding tert-OH is 1. The minimum absolute atomic E-state index is 0.0208. The molecular weight excluding hydrogens is 532 g/mol. The lowest BCUT2D eigenvalue weighted by molar-refractivity contribution is -0.255. The Hall–Kier alpha value is -2.01. The topological polar surface area (TPSA) is 138 Å². The van der Waals surface area contributed by atoms with Crippen molar-refractivity contribution in [2.24, 2.45) is 29.1 Å². The maximum absolute atomic E-state index is 12.7. The molecule has 3 saturated carbocycles. The van der Waals surface area contributed by atoms with E-state index in [-0.39, 0.29) is 48.1 Å². The summed E-state index contributed by atoms with van der Waals surface area (Å²) in [5.41, 5.74) is -4.01. The van der Waals surface area contributed by atoms with Crippen LogP contribution in [0.3, 0.4) is 0 Å². The zero-order valence-electron chi connectivity index (χ0n) is 24.7. The third kappa shape index (κ3) is 3.31. The van der Waals surface area contributed by atoms with Gasteiger partial charge in [0.1, 0.15) is 30.0 Å². The molecule has 4 heterocycles. The Labute approximate surface area is 240 Å². The molecule has 0 radical (unpaired) electrons. The molecule has 10 heteroatoms. The molecule has 2 N–H and O–H groups in total. The number of cyclic esters (lactones) is 1. The number of carbonyl (C=O) groups excluding carboxylic acids is 3. The smallest absolute Gasteiger partial charge is 0.338 e. The van der Waals surface area contributed by atoms with Gasteiger partial charge in [-0.3, -0.25) is 4.79 Å². The summed E-state index contributed by atoms with van der Waals surface area (Å²) >= 11 is 0. The standard InChI is InChI=1S/C31H42O10/c1-14-11-18(38-25(14)34)23-15(2)17-12-21(37-16(3)32)28(6)20-8-7-19-27(4,5)40-24-22(33)26(35)41-30(19,24)13-29(20,36)9-10-31(17,28)39-23/h11,15,17-24,33,36H,7-10,12-13H2,1-6H3/t15-,17+,18-,19-,20-,21-,22+,23+,24+,28-,29-,30+,31-/m0/s1. The minimum atomic E-state index is -1.40. The van der Waals surface area contributed by atoms with Crippen molar-refractivity contribution in [3.05, 3.63) is 11.6 Å². The monoisotopic (exact) mass is 574 g/mol. The van der Waals surface area contributed by atoms with E-state index in [4.69, 9.17) is 23.7 Å². The van der Waals surface area contributed by atoms with Gasteiger partial charge in [0.25, 0.3) is 0 Å². The summed E-state index contributed by atoms with van der Waals surface area (Å²) in [4.78, 5) is 37.4. The second-order valence-corrected chi connectivity index (χ2v) is 14.7. The number of fused-ring (bicyclic) bond motifs is 2. The van der Waals surface area contributed by atoms with E-state index in [1.807, 2.05) is 19.9 Å². The van der Waals surface area contributed by atoms with Crippen LogP contribution in [0.5, 0.6) is 0 Å². The van der Waals surface area contributed by atoms with E-state index in [0.29, 0.717) is 37.7 Å². The van der Waals surface area contributed by atoms with Crippen LogP contribution in [0.15, 0.2) is 11.6 Å². The molecule has 0 aromatic carbocycles. The van der Waals surface area contributed by atoms with Crippen molar-refractivity contribution >= 4 is 17.9 Å². The van der Waals surface area contributed by atoms with Gasteiger partial charge in [-0.15, -0.1) is 0 Å². The lowest BCUT2D eigenvalue weighted by atomic mass is 9.51. The van der Waals surface area contributed by atoms with Gasteiger partial charge >= 0.3 is 17.9 Å². The van der Waals surface area contributed by atoms with Crippen molar-refractivity contribution in [3.8, 4) is 0 Å². The van der Waals surface area contributed by atoms with Crippen LogP contribution >= 0.6 is 0 Å². The summed E-state index contributed by atoms with van der Waals surface area (Å²) in [6, 6.07) is 0. The highest BCUT2D eigenvalue weighted by molar-refractivity contribution is 5.90. The molecule has 4 aliphatic heterocycles. The summed E-state index contributed by atoms with van der Waals surface area (Å²) < 4.78 is 31.2. The molecule has 3 saturated heterocycles. The van der Waals surface area contributed by atoms with Gasteiger partial charge in [-0.25, -0.2) is 9.59 Å². The Balaban J connectivity index is 1.31. The number of carbonyl (C=O) groups is 3. The van der Waals surface area contributed by atoms with Gasteiger partial charge < -0.3 is 33.9 Å². The van der Waals surface area contributed by atoms with Crippen molar-refractivity contribution in [1.29, 1.82) is 0 Å². The molecule has 13 atom stereocenters. The molecule has 0 aromatic rings. The van der Waals surface area contributed by atoms with Crippen LogP contribution in [0.1, 0.15) is 80.1 Å². The van der Waals surface area contributed by atoms with E-state index in [0.717, 1.165) is 0 Å². The van der Waals surface area contributed by atoms with Crippen molar-refractivity contribution in [3.63, 3.8) is 0 Å². The first-order valence-electron chi connectivity index (χ1n) is 15.2. The largest absolute Gasteiger partial charge is 0.462 e. The van der Waals surface area contributed by atoms with Gasteiger partial charge in [-0.05, 0) is 76.7 Å². The molecule has 7 rings (SSSR count). The number of esters is 3. The highest BCUT2D eigenvalue weighted by atomic mass is 16.6. The molecule has 6 fully saturated rings. The molecule has 0 amide bonds. The van der Waals surface area contributed by atoms with Crippen LogP contribution in [0.4, 0.5) is 0 Å². The lowest BCUT2D eigenvalue weighted by Gasteiger charge is -2.59. The van der Waals surface area contributed by atoms with E-state index >= 15 is 0 Å². The fourth-order valence-electron chi connectivity index (χ4n) is 11.0. The highest BCUT2D eigenvalue weighted by Gasteiger charge is 2.80. The maximum Gasteiger partial charge on any atom is 0.338 e.